The van der Waals surface area contributed by atoms with E-state index >= 15 is 0 Å². The molecule has 208 valence electrons. The van der Waals surface area contributed by atoms with E-state index in [0.29, 0.717) is 5.02 Å². The quantitative estimate of drug-likeness (QED) is 0.187. The molecule has 0 fully saturated rings. The van der Waals surface area contributed by atoms with Gasteiger partial charge in [0.15, 0.2) is 0 Å². The number of thioether (sulfide) groups is 1. The average Bonchev–Trinajstić information content (AvgIpc) is 2.93. The smallest absolute Gasteiger partial charge is 0.307 e. The summed E-state index contributed by atoms with van der Waals surface area (Å²) in [6, 6.07) is 26.1. The molecule has 1 heterocycles. The zero-order valence-corrected chi connectivity index (χ0v) is 24.9. The highest BCUT2D eigenvalue weighted by Gasteiger charge is 2.26. The summed E-state index contributed by atoms with van der Waals surface area (Å²) in [6.07, 6.45) is 5.64. The maximum atomic E-state index is 11.7. The molecule has 4 nitrogen and oxygen atoms in total. The number of carboxylic acids is 1. The molecule has 0 aliphatic carbocycles. The summed E-state index contributed by atoms with van der Waals surface area (Å²) in [5.74, 6) is -1.25. The van der Waals surface area contributed by atoms with Crippen molar-refractivity contribution in [2.24, 2.45) is 5.92 Å². The van der Waals surface area contributed by atoms with Gasteiger partial charge in [-0.2, -0.15) is 0 Å². The summed E-state index contributed by atoms with van der Waals surface area (Å²) in [5.41, 5.74) is 5.00. The normalized spacial score (nSPS) is 14.3. The van der Waals surface area contributed by atoms with E-state index in [-0.39, 0.29) is 10.5 Å². The van der Waals surface area contributed by atoms with Crippen molar-refractivity contribution in [3.05, 3.63) is 112 Å². The minimum Gasteiger partial charge on any atom is -0.481 e. The lowest BCUT2D eigenvalue weighted by Crippen LogP contribution is -2.21. The number of aromatic nitrogens is 1. The number of pyridine rings is 1. The number of halogens is 1. The number of rotatable bonds is 11. The Morgan fingerprint density at radius 3 is 2.50 bits per heavy atom. The molecule has 4 rings (SSSR count). The van der Waals surface area contributed by atoms with Crippen LogP contribution in [0.3, 0.4) is 0 Å². The van der Waals surface area contributed by atoms with Crippen LogP contribution in [-0.4, -0.2) is 26.4 Å². The van der Waals surface area contributed by atoms with Crippen LogP contribution in [0.15, 0.2) is 78.9 Å². The number of benzene rings is 3. The number of nitrogens with zero attached hydrogens (tertiary/aromatic N) is 1. The molecule has 3 atom stereocenters. The third kappa shape index (κ3) is 7.75. The van der Waals surface area contributed by atoms with Crippen LogP contribution in [0.25, 0.3) is 23.1 Å². The highest BCUT2D eigenvalue weighted by molar-refractivity contribution is 8.00. The number of hydrogen-bond acceptors (Lipinski definition) is 4. The van der Waals surface area contributed by atoms with Crippen LogP contribution < -0.4 is 0 Å². The molecule has 0 spiro atoms. The van der Waals surface area contributed by atoms with Crippen LogP contribution >= 0.6 is 23.4 Å². The number of aryl methyl sites for hydroxylation is 1. The lowest BCUT2D eigenvalue weighted by molar-refractivity contribution is -0.140. The lowest BCUT2D eigenvalue weighted by Gasteiger charge is -2.26. The monoisotopic (exact) mass is 573 g/mol. The van der Waals surface area contributed by atoms with Gasteiger partial charge in [0.25, 0.3) is 0 Å². The molecule has 0 bridgehead atoms. The molecule has 40 heavy (non-hydrogen) atoms. The molecule has 6 heteroatoms. The summed E-state index contributed by atoms with van der Waals surface area (Å²) in [6.45, 7) is 7.37. The topological polar surface area (TPSA) is 70.4 Å². The zero-order valence-electron chi connectivity index (χ0n) is 23.3. The highest BCUT2D eigenvalue weighted by atomic mass is 35.5. The predicted octanol–water partition coefficient (Wildman–Crippen LogP) is 8.80. The first kappa shape index (κ1) is 29.9. The number of hydrogen-bond donors (Lipinski definition) is 2. The number of aliphatic hydroxyl groups is 1. The van der Waals surface area contributed by atoms with E-state index in [0.717, 1.165) is 51.7 Å². The maximum absolute atomic E-state index is 11.7. The number of carboxylic acid groups (broad SMARTS) is 1. The van der Waals surface area contributed by atoms with Gasteiger partial charge in [0.1, 0.15) is 0 Å². The first-order chi connectivity index (χ1) is 19.0. The van der Waals surface area contributed by atoms with Crippen molar-refractivity contribution < 1.29 is 15.0 Å². The van der Waals surface area contributed by atoms with E-state index < -0.39 is 17.5 Å². The fourth-order valence-electron chi connectivity index (χ4n) is 4.76. The predicted molar refractivity (Wildman–Crippen MR) is 169 cm³/mol. The van der Waals surface area contributed by atoms with E-state index in [1.54, 1.807) is 18.7 Å². The first-order valence-corrected chi connectivity index (χ1v) is 14.9. The van der Waals surface area contributed by atoms with Crippen molar-refractivity contribution in [3.8, 4) is 0 Å². The molecule has 0 aliphatic rings. The van der Waals surface area contributed by atoms with Crippen molar-refractivity contribution in [1.29, 1.82) is 0 Å². The SMILES string of the molecule is CC(S[C@H](CCc1ccccc1C(C)(C)O)c1cccc(/C=C/c2ccc3ccc(Cl)cc3n2)c1)C(C)C(=O)O. The van der Waals surface area contributed by atoms with Crippen molar-refractivity contribution in [2.45, 2.75) is 56.6 Å². The Labute approximate surface area is 246 Å². The fourth-order valence-corrected chi connectivity index (χ4v) is 6.35. The van der Waals surface area contributed by atoms with Crippen LogP contribution in [0.2, 0.25) is 5.02 Å². The summed E-state index contributed by atoms with van der Waals surface area (Å²) >= 11 is 7.85. The Kier molecular flexibility index (Phi) is 9.72. The standard InChI is InChI=1S/C34H36ClNO3S/c1-22(33(37)38)23(2)40-32(19-15-25-9-5-6-11-30(25)34(3,4)39)27-10-7-8-24(20-27)12-17-29-18-14-26-13-16-28(35)21-31(26)36-29/h5-14,16-18,20-23,32,39H,15,19H2,1-4H3,(H,37,38)/b17-12+/t22?,23?,32-/m1/s1. The van der Waals surface area contributed by atoms with Crippen LogP contribution in [-0.2, 0) is 16.8 Å². The molecular weight excluding hydrogens is 538 g/mol. The van der Waals surface area contributed by atoms with Gasteiger partial charge in [-0.1, -0.05) is 92.2 Å². The van der Waals surface area contributed by atoms with Gasteiger partial charge in [0, 0.05) is 20.9 Å². The molecule has 0 saturated heterocycles. The van der Waals surface area contributed by atoms with Crippen LogP contribution in [0, 0.1) is 5.92 Å². The molecule has 2 unspecified atom stereocenters. The summed E-state index contributed by atoms with van der Waals surface area (Å²) < 4.78 is 0. The second kappa shape index (κ2) is 13.0. The van der Waals surface area contributed by atoms with Gasteiger partial charge in [-0.15, -0.1) is 11.8 Å². The summed E-state index contributed by atoms with van der Waals surface area (Å²) in [7, 11) is 0. The van der Waals surface area contributed by atoms with E-state index in [4.69, 9.17) is 16.6 Å². The minimum absolute atomic E-state index is 0.0696. The van der Waals surface area contributed by atoms with Crippen LogP contribution in [0.5, 0.6) is 0 Å². The Morgan fingerprint density at radius 2 is 1.75 bits per heavy atom. The molecule has 0 radical (unpaired) electrons. The maximum Gasteiger partial charge on any atom is 0.307 e. The largest absolute Gasteiger partial charge is 0.481 e. The summed E-state index contributed by atoms with van der Waals surface area (Å²) in [4.78, 5) is 16.4. The molecule has 1 aromatic heterocycles. The van der Waals surface area contributed by atoms with Gasteiger partial charge >= 0.3 is 5.97 Å². The minimum atomic E-state index is -0.933. The molecule has 0 saturated carbocycles. The highest BCUT2D eigenvalue weighted by Crippen LogP contribution is 2.40. The Bertz CT molecular complexity index is 1510. The van der Waals surface area contributed by atoms with Crippen LogP contribution in [0.4, 0.5) is 0 Å². The van der Waals surface area contributed by atoms with Gasteiger partial charge in [0.2, 0.25) is 0 Å². The van der Waals surface area contributed by atoms with Gasteiger partial charge in [-0.05, 0) is 73.2 Å². The molecule has 4 aromatic rings. The van der Waals surface area contributed by atoms with Crippen LogP contribution in [0.1, 0.15) is 67.3 Å². The Hall–Kier alpha value is -3.12. The average molecular weight is 574 g/mol. The van der Waals surface area contributed by atoms with Gasteiger partial charge < -0.3 is 10.2 Å². The zero-order chi connectivity index (χ0) is 28.9. The summed E-state index contributed by atoms with van der Waals surface area (Å²) in [5, 5.41) is 22.0. The molecule has 2 N–H and O–H groups in total. The van der Waals surface area contributed by atoms with Gasteiger partial charge in [-0.3, -0.25) is 4.79 Å². The number of fused-ring (bicyclic) bond motifs is 1. The Morgan fingerprint density at radius 1 is 1.00 bits per heavy atom. The third-order valence-corrected chi connectivity index (χ3v) is 9.14. The van der Waals surface area contributed by atoms with Crippen molar-refractivity contribution in [1.82, 2.24) is 4.98 Å². The van der Waals surface area contributed by atoms with Gasteiger partial charge in [0.05, 0.1) is 22.7 Å². The number of carbonyl (C=O) groups is 1. The molecule has 0 amide bonds. The van der Waals surface area contributed by atoms with E-state index in [1.807, 2.05) is 81.4 Å². The lowest BCUT2D eigenvalue weighted by atomic mass is 9.90. The number of aliphatic carboxylic acids is 1. The fraction of sp³-hybridized carbons (Fsp3) is 0.294. The molecule has 3 aromatic carbocycles. The molecular formula is C34H36ClNO3S. The van der Waals surface area contributed by atoms with Crippen molar-refractivity contribution in [2.75, 3.05) is 0 Å². The molecule has 0 aliphatic heterocycles. The van der Waals surface area contributed by atoms with Crippen molar-refractivity contribution >= 4 is 52.4 Å². The second-order valence-corrected chi connectivity index (χ2v) is 12.8. The third-order valence-electron chi connectivity index (χ3n) is 7.23. The first-order valence-electron chi connectivity index (χ1n) is 13.5. The van der Waals surface area contributed by atoms with E-state index in [2.05, 4.69) is 30.3 Å². The van der Waals surface area contributed by atoms with E-state index in [1.165, 1.54) is 0 Å². The van der Waals surface area contributed by atoms with Crippen molar-refractivity contribution in [3.63, 3.8) is 0 Å². The Balaban J connectivity index is 1.59. The van der Waals surface area contributed by atoms with E-state index in [9.17, 15) is 15.0 Å². The van der Waals surface area contributed by atoms with Gasteiger partial charge in [-0.25, -0.2) is 4.98 Å². The second-order valence-electron chi connectivity index (χ2n) is 10.8.